The average Bonchev–Trinajstić information content (AvgIpc) is 2.83. The number of hydrogen-bond donors (Lipinski definition) is 0. The summed E-state index contributed by atoms with van der Waals surface area (Å²) >= 11 is 0. The number of rotatable bonds is 9. The zero-order valence-electron chi connectivity index (χ0n) is 21.2. The maximum absolute atomic E-state index is 13.2. The summed E-state index contributed by atoms with van der Waals surface area (Å²) < 4.78 is 20.1. The fourth-order valence-electron chi connectivity index (χ4n) is 3.84. The Hall–Kier alpha value is -3.11. The van der Waals surface area contributed by atoms with E-state index in [9.17, 15) is 4.79 Å². The fraction of sp³-hybridized carbons (Fsp3) is 0.345. The predicted molar refractivity (Wildman–Crippen MR) is 133 cm³/mol. The van der Waals surface area contributed by atoms with Crippen LogP contribution < -0.4 is 4.74 Å². The fourth-order valence-corrected chi connectivity index (χ4v) is 3.84. The molecule has 3 aromatic carbocycles. The predicted octanol–water partition coefficient (Wildman–Crippen LogP) is 6.73. The molecule has 0 aliphatic carbocycles. The molecule has 0 spiro atoms. The van der Waals surface area contributed by atoms with Gasteiger partial charge in [-0.3, -0.25) is 9.69 Å². The summed E-state index contributed by atoms with van der Waals surface area (Å²) in [5, 5.41) is 0. The van der Waals surface area contributed by atoms with Gasteiger partial charge >= 0.3 is 5.97 Å². The van der Waals surface area contributed by atoms with Crippen molar-refractivity contribution in [2.45, 2.75) is 58.3 Å². The van der Waals surface area contributed by atoms with Crippen LogP contribution in [-0.4, -0.2) is 23.6 Å². The van der Waals surface area contributed by atoms with Crippen LogP contribution in [0.25, 0.3) is 0 Å². The first-order valence-corrected chi connectivity index (χ1v) is 11.3. The minimum absolute atomic E-state index is 0.0520. The molecule has 3 aromatic rings. The average molecular weight is 447 g/mol. The topological polar surface area (TPSA) is 38.8 Å². The summed E-state index contributed by atoms with van der Waals surface area (Å²) in [4.78, 5) is 15.4. The lowest BCUT2D eigenvalue weighted by atomic mass is 9.96. The summed E-state index contributed by atoms with van der Waals surface area (Å²) in [6, 6.07) is 27.4. The van der Waals surface area contributed by atoms with Crippen molar-refractivity contribution in [3.8, 4) is 5.75 Å². The summed E-state index contributed by atoms with van der Waals surface area (Å²) in [7, 11) is 1.62. The van der Waals surface area contributed by atoms with Gasteiger partial charge in [0.2, 0.25) is 0 Å². The van der Waals surface area contributed by atoms with Gasteiger partial charge in [0, 0.05) is 20.0 Å². The summed E-state index contributed by atoms with van der Waals surface area (Å²) in [6.45, 7) is 8.18. The summed E-state index contributed by atoms with van der Waals surface area (Å²) in [5.74, 6) is 0.193. The molecule has 33 heavy (non-hydrogen) atoms. The molecule has 3 atom stereocenters. The lowest BCUT2D eigenvalue weighted by Crippen LogP contribution is -2.34. The highest BCUT2D eigenvalue weighted by Crippen LogP contribution is 2.36. The number of nitrogens with zero attached hydrogens (tertiary/aromatic N) is 1. The Morgan fingerprint density at radius 2 is 1.48 bits per heavy atom. The maximum Gasteiger partial charge on any atom is 0.308 e. The lowest BCUT2D eigenvalue weighted by Gasteiger charge is -2.37. The first kappa shape index (κ1) is 23.1. The van der Waals surface area contributed by atoms with Crippen molar-refractivity contribution in [1.82, 2.24) is 4.90 Å². The Morgan fingerprint density at radius 1 is 0.909 bits per heavy atom. The number of hydrogen-bond acceptors (Lipinski definition) is 4. The molecule has 0 amide bonds. The molecule has 0 radical (unpaired) electrons. The maximum atomic E-state index is 13.2. The van der Waals surface area contributed by atoms with Gasteiger partial charge in [0.1, 0.15) is 11.4 Å². The van der Waals surface area contributed by atoms with Gasteiger partial charge in [0.15, 0.2) is 0 Å². The number of esters is 1. The van der Waals surface area contributed by atoms with Gasteiger partial charge in [-0.25, -0.2) is 0 Å². The van der Waals surface area contributed by atoms with Crippen molar-refractivity contribution in [3.63, 3.8) is 0 Å². The molecule has 0 aromatic heterocycles. The third kappa shape index (κ3) is 7.19. The van der Waals surface area contributed by atoms with Gasteiger partial charge in [0.05, 0.1) is 13.5 Å². The van der Waals surface area contributed by atoms with E-state index in [1.807, 2.05) is 81.4 Å². The molecule has 174 valence electrons. The minimum Gasteiger partial charge on any atom is -0.497 e. The van der Waals surface area contributed by atoms with Crippen LogP contribution in [0.1, 0.15) is 64.2 Å². The molecule has 0 aliphatic heterocycles. The van der Waals surface area contributed by atoms with Crippen molar-refractivity contribution < 1.29 is 15.6 Å². The van der Waals surface area contributed by atoms with E-state index in [0.717, 1.165) is 22.4 Å². The van der Waals surface area contributed by atoms with E-state index < -0.39 is 24.0 Å². The van der Waals surface area contributed by atoms with Crippen LogP contribution in [0.3, 0.4) is 0 Å². The van der Waals surface area contributed by atoms with E-state index in [2.05, 4.69) is 36.1 Å². The number of methoxy groups -OCH3 is 1. The molecular formula is C29H35NO3. The Morgan fingerprint density at radius 3 is 2.03 bits per heavy atom. The highest BCUT2D eigenvalue weighted by molar-refractivity contribution is 5.71. The normalized spacial score (nSPS) is 14.8. The van der Waals surface area contributed by atoms with Crippen molar-refractivity contribution in [2.75, 3.05) is 7.11 Å². The van der Waals surface area contributed by atoms with Crippen LogP contribution in [-0.2, 0) is 16.1 Å². The molecule has 3 rings (SSSR count). The van der Waals surface area contributed by atoms with E-state index in [1.54, 1.807) is 7.11 Å². The minimum atomic E-state index is -1.14. The highest BCUT2D eigenvalue weighted by Gasteiger charge is 2.30. The quantitative estimate of drug-likeness (QED) is 0.342. The van der Waals surface area contributed by atoms with E-state index in [0.29, 0.717) is 6.54 Å². The Kier molecular flexibility index (Phi) is 7.79. The number of carbonyl (C=O) groups is 1. The van der Waals surface area contributed by atoms with Gasteiger partial charge < -0.3 is 9.47 Å². The van der Waals surface area contributed by atoms with E-state index in [-0.39, 0.29) is 6.04 Å². The summed E-state index contributed by atoms with van der Waals surface area (Å²) in [6.07, 6.45) is -1.14. The van der Waals surface area contributed by atoms with Crippen molar-refractivity contribution in [3.05, 3.63) is 102 Å². The number of carbonyl (C=O) groups excluding carboxylic acids is 1. The first-order chi connectivity index (χ1) is 16.2. The summed E-state index contributed by atoms with van der Waals surface area (Å²) in [5.41, 5.74) is 2.43. The smallest absolute Gasteiger partial charge is 0.308 e. The standard InChI is InChI=1S/C29H35NO3/c1-22(24-14-10-7-11-15-24)30(21-23-12-8-6-9-13-23)27(20-28(31)33-29(2,3)4)25-16-18-26(32-5)19-17-25/h6-19,22,27H,20-21H2,1-5H3/t22-,27+/m0/s1/i20D/t20-,22-,27+. The zero-order chi connectivity index (χ0) is 24.7. The lowest BCUT2D eigenvalue weighted by molar-refractivity contribution is -0.156. The van der Waals surface area contributed by atoms with Crippen molar-refractivity contribution in [1.29, 1.82) is 0 Å². The Labute approximate surface area is 199 Å². The SMILES string of the molecule is [2H][C@H](C(=O)OC(C)(C)C)[C@H](c1ccc(OC)cc1)N(Cc1ccccc1)[C@@H](C)c1ccccc1. The van der Waals surface area contributed by atoms with Crippen LogP contribution >= 0.6 is 0 Å². The van der Waals surface area contributed by atoms with E-state index >= 15 is 0 Å². The van der Waals surface area contributed by atoms with Gasteiger partial charge in [0.25, 0.3) is 0 Å². The highest BCUT2D eigenvalue weighted by atomic mass is 16.6. The second kappa shape index (κ2) is 11.2. The molecule has 4 heteroatoms. The van der Waals surface area contributed by atoms with Crippen LogP contribution in [0.2, 0.25) is 0 Å². The second-order valence-electron chi connectivity index (χ2n) is 9.16. The van der Waals surface area contributed by atoms with Crippen LogP contribution in [0, 0.1) is 0 Å². The molecule has 0 N–H and O–H groups in total. The van der Waals surface area contributed by atoms with Gasteiger partial charge in [-0.1, -0.05) is 72.8 Å². The molecule has 0 fully saturated rings. The van der Waals surface area contributed by atoms with E-state index in [4.69, 9.17) is 10.8 Å². The molecule has 0 aliphatic rings. The molecule has 0 bridgehead atoms. The van der Waals surface area contributed by atoms with E-state index in [1.165, 1.54) is 0 Å². The molecule has 4 nitrogen and oxygen atoms in total. The third-order valence-electron chi connectivity index (χ3n) is 5.50. The van der Waals surface area contributed by atoms with Crippen LogP contribution in [0.5, 0.6) is 5.75 Å². The second-order valence-corrected chi connectivity index (χ2v) is 9.16. The number of ether oxygens (including phenoxy) is 2. The van der Waals surface area contributed by atoms with Gasteiger partial charge in [-0.2, -0.15) is 0 Å². The molecule has 0 heterocycles. The van der Waals surface area contributed by atoms with Gasteiger partial charge in [-0.15, -0.1) is 0 Å². The molecule has 0 unspecified atom stereocenters. The molecular weight excluding hydrogens is 410 g/mol. The Balaban J connectivity index is 2.09. The largest absolute Gasteiger partial charge is 0.497 e. The first-order valence-electron chi connectivity index (χ1n) is 11.9. The Bertz CT molecular complexity index is 1030. The van der Waals surface area contributed by atoms with Crippen molar-refractivity contribution >= 4 is 5.97 Å². The van der Waals surface area contributed by atoms with Crippen LogP contribution in [0.4, 0.5) is 0 Å². The van der Waals surface area contributed by atoms with Gasteiger partial charge in [-0.05, 0) is 56.5 Å². The third-order valence-corrected chi connectivity index (χ3v) is 5.50. The monoisotopic (exact) mass is 446 g/mol. The van der Waals surface area contributed by atoms with Crippen molar-refractivity contribution in [2.24, 2.45) is 0 Å². The molecule has 0 saturated carbocycles. The number of benzene rings is 3. The van der Waals surface area contributed by atoms with Crippen LogP contribution in [0.15, 0.2) is 84.9 Å². The molecule has 0 saturated heterocycles. The zero-order valence-corrected chi connectivity index (χ0v) is 20.2.